The Balaban J connectivity index is 1.21. The van der Waals surface area contributed by atoms with Gasteiger partial charge in [0.15, 0.2) is 0 Å². The topological polar surface area (TPSA) is 117 Å². The van der Waals surface area contributed by atoms with E-state index in [1.807, 2.05) is 12.1 Å². The summed E-state index contributed by atoms with van der Waals surface area (Å²) in [6, 6.07) is 18.6. The molecule has 3 aromatic rings. The second kappa shape index (κ2) is 12.0. The SMILES string of the molecule is C[C@@]12C(=O)N(c3ccccc3)C(=O)[C@@H]1C[C@@H]1C(=CC[C@@H]3C(=O)N(c4ccc(N5CCOCC5)cc4)C(=O)[C@@H]31)[C@@H]2c1cc(OC(F)(F)F)ccc1O. The van der Waals surface area contributed by atoms with Crippen molar-refractivity contribution in [2.45, 2.75) is 32.0 Å². The zero-order valence-corrected chi connectivity index (χ0v) is 27.5. The number of hydrogen-bond donors (Lipinski definition) is 1. The van der Waals surface area contributed by atoms with Gasteiger partial charge in [-0.1, -0.05) is 29.8 Å². The number of halogens is 3. The maximum absolute atomic E-state index is 14.5. The van der Waals surface area contributed by atoms with Gasteiger partial charge in [0.1, 0.15) is 11.5 Å². The fraction of sp³-hybridized carbons (Fsp3) is 0.368. The summed E-state index contributed by atoms with van der Waals surface area (Å²) in [5.41, 5.74) is 0.594. The third kappa shape index (κ3) is 5.19. The summed E-state index contributed by atoms with van der Waals surface area (Å²) >= 11 is 0. The van der Waals surface area contributed by atoms with E-state index in [1.54, 1.807) is 55.5 Å². The van der Waals surface area contributed by atoms with Crippen LogP contribution < -0.4 is 19.4 Å². The Morgan fingerprint density at radius 2 is 1.49 bits per heavy atom. The molecular weight excluding hydrogens is 667 g/mol. The van der Waals surface area contributed by atoms with Crippen molar-refractivity contribution in [3.63, 3.8) is 0 Å². The minimum absolute atomic E-state index is 0.0398. The lowest BCUT2D eigenvalue weighted by molar-refractivity contribution is -0.274. The molecular formula is C38H34F3N3O7. The van der Waals surface area contributed by atoms with Crippen molar-refractivity contribution in [1.29, 1.82) is 0 Å². The Bertz CT molecular complexity index is 1960. The predicted molar refractivity (Wildman–Crippen MR) is 178 cm³/mol. The minimum atomic E-state index is -5.03. The number of phenols is 1. The molecule has 3 saturated heterocycles. The van der Waals surface area contributed by atoms with Crippen molar-refractivity contribution >= 4 is 40.7 Å². The van der Waals surface area contributed by atoms with Gasteiger partial charge in [-0.3, -0.25) is 24.1 Å². The number of alkyl halides is 3. The maximum atomic E-state index is 14.5. The van der Waals surface area contributed by atoms with E-state index in [0.29, 0.717) is 43.3 Å². The number of nitrogens with zero attached hydrogens (tertiary/aromatic N) is 3. The van der Waals surface area contributed by atoms with E-state index in [4.69, 9.17) is 4.74 Å². The molecule has 264 valence electrons. The van der Waals surface area contributed by atoms with Crippen molar-refractivity contribution in [3.05, 3.63) is 90.0 Å². The Labute approximate surface area is 291 Å². The van der Waals surface area contributed by atoms with Crippen LogP contribution in [0.15, 0.2) is 84.4 Å². The number of amides is 4. The average molecular weight is 702 g/mol. The van der Waals surface area contributed by atoms with Gasteiger partial charge in [0.2, 0.25) is 23.6 Å². The van der Waals surface area contributed by atoms with E-state index in [0.717, 1.165) is 28.8 Å². The molecule has 10 nitrogen and oxygen atoms in total. The number of hydrogen-bond acceptors (Lipinski definition) is 8. The second-order valence-corrected chi connectivity index (χ2v) is 13.9. The van der Waals surface area contributed by atoms with Crippen LogP contribution >= 0.6 is 0 Å². The van der Waals surface area contributed by atoms with Gasteiger partial charge in [-0.05, 0) is 80.3 Å². The van der Waals surface area contributed by atoms with Crippen LogP contribution in [0.2, 0.25) is 0 Å². The summed E-state index contributed by atoms with van der Waals surface area (Å²) in [5.74, 6) is -7.43. The zero-order valence-electron chi connectivity index (χ0n) is 27.5. The van der Waals surface area contributed by atoms with Gasteiger partial charge in [0, 0.05) is 30.3 Å². The van der Waals surface area contributed by atoms with Gasteiger partial charge in [0.25, 0.3) is 0 Å². The normalized spacial score (nSPS) is 29.1. The molecule has 0 unspecified atom stereocenters. The first-order valence-corrected chi connectivity index (χ1v) is 16.9. The highest BCUT2D eigenvalue weighted by Gasteiger charge is 2.68. The van der Waals surface area contributed by atoms with E-state index >= 15 is 0 Å². The van der Waals surface area contributed by atoms with Crippen molar-refractivity contribution < 1.29 is 46.9 Å². The molecule has 2 aliphatic carbocycles. The molecule has 0 spiro atoms. The van der Waals surface area contributed by atoms with Crippen LogP contribution in [0, 0.1) is 29.1 Å². The Hall–Kier alpha value is -5.17. The third-order valence-electron chi connectivity index (χ3n) is 11.3. The number of ether oxygens (including phenoxy) is 2. The number of allylic oxidation sites excluding steroid dienone is 2. The van der Waals surface area contributed by atoms with E-state index in [1.165, 1.54) is 4.90 Å². The molecule has 3 heterocycles. The summed E-state index contributed by atoms with van der Waals surface area (Å²) in [7, 11) is 0. The molecule has 1 N–H and O–H groups in total. The molecule has 5 aliphatic rings. The number of aromatic hydroxyl groups is 1. The standard InChI is InChI=1S/C38H34F3N3O7/c1-37-29(34(47)44(36(37)49)22-5-3-2-4-6-22)20-27-25(32(37)28-19-24(11-14-30(28)45)51-38(39,40)41)12-13-26-31(27)35(48)43(33(26)46)23-9-7-21(8-10-23)42-15-17-50-18-16-42/h2-12,14,19,26-27,29,31-32,45H,13,15-18,20H2,1H3/t26-,27+,29-,31-,32+,37+/m0/s1. The molecule has 8 rings (SSSR count). The van der Waals surface area contributed by atoms with Gasteiger partial charge >= 0.3 is 6.36 Å². The number of rotatable bonds is 5. The molecule has 51 heavy (non-hydrogen) atoms. The number of phenolic OH excluding ortho intramolecular Hbond substituents is 1. The fourth-order valence-corrected chi connectivity index (χ4v) is 9.03. The number of imide groups is 2. The summed E-state index contributed by atoms with van der Waals surface area (Å²) in [5, 5.41) is 11.2. The predicted octanol–water partition coefficient (Wildman–Crippen LogP) is 5.56. The molecule has 3 aliphatic heterocycles. The molecule has 1 saturated carbocycles. The van der Waals surface area contributed by atoms with Gasteiger partial charge < -0.3 is 19.5 Å². The molecule has 4 fully saturated rings. The molecule has 0 radical (unpaired) electrons. The van der Waals surface area contributed by atoms with Crippen LogP contribution in [-0.4, -0.2) is 61.4 Å². The summed E-state index contributed by atoms with van der Waals surface area (Å²) in [6.45, 7) is 4.22. The van der Waals surface area contributed by atoms with E-state index in [9.17, 15) is 37.5 Å². The molecule has 0 aromatic heterocycles. The Morgan fingerprint density at radius 1 is 0.824 bits per heavy atom. The van der Waals surface area contributed by atoms with Crippen molar-refractivity contribution in [1.82, 2.24) is 0 Å². The molecule has 4 amide bonds. The lowest BCUT2D eigenvalue weighted by atomic mass is 9.51. The number of anilines is 3. The second-order valence-electron chi connectivity index (χ2n) is 13.9. The van der Waals surface area contributed by atoms with Crippen LogP contribution in [0.3, 0.4) is 0 Å². The average Bonchev–Trinajstić information content (AvgIpc) is 3.49. The first-order valence-electron chi connectivity index (χ1n) is 16.9. The lowest BCUT2D eigenvalue weighted by Crippen LogP contribution is -2.49. The number of carbonyl (C=O) groups excluding carboxylic acids is 4. The van der Waals surface area contributed by atoms with E-state index < -0.39 is 70.6 Å². The smallest absolute Gasteiger partial charge is 0.508 e. The quantitative estimate of drug-likeness (QED) is 0.272. The van der Waals surface area contributed by atoms with E-state index in [-0.39, 0.29) is 24.3 Å². The first kappa shape index (κ1) is 33.0. The highest BCUT2D eigenvalue weighted by Crippen LogP contribution is 2.64. The number of para-hydroxylation sites is 1. The van der Waals surface area contributed by atoms with Gasteiger partial charge in [-0.2, -0.15) is 0 Å². The third-order valence-corrected chi connectivity index (χ3v) is 11.3. The molecule has 13 heteroatoms. The largest absolute Gasteiger partial charge is 0.573 e. The van der Waals surface area contributed by atoms with Crippen LogP contribution in [0.1, 0.15) is 31.2 Å². The van der Waals surface area contributed by atoms with Crippen molar-refractivity contribution in [2.24, 2.45) is 29.1 Å². The summed E-state index contributed by atoms with van der Waals surface area (Å²) in [6.07, 6.45) is -3.08. The monoisotopic (exact) mass is 701 g/mol. The lowest BCUT2D eigenvalue weighted by Gasteiger charge is -2.49. The molecule has 3 aromatic carbocycles. The number of fused-ring (bicyclic) bond motifs is 4. The van der Waals surface area contributed by atoms with Gasteiger partial charge in [-0.15, -0.1) is 13.2 Å². The summed E-state index contributed by atoms with van der Waals surface area (Å²) in [4.78, 5) is 61.7. The Morgan fingerprint density at radius 3 is 2.18 bits per heavy atom. The fourth-order valence-electron chi connectivity index (χ4n) is 9.03. The summed E-state index contributed by atoms with van der Waals surface area (Å²) < 4.78 is 49.7. The van der Waals surface area contributed by atoms with Crippen molar-refractivity contribution in [2.75, 3.05) is 41.0 Å². The van der Waals surface area contributed by atoms with Gasteiger partial charge in [0.05, 0.1) is 47.8 Å². The number of benzene rings is 3. The van der Waals surface area contributed by atoms with E-state index in [2.05, 4.69) is 9.64 Å². The van der Waals surface area contributed by atoms with Crippen LogP contribution in [-0.2, 0) is 23.9 Å². The first-order chi connectivity index (χ1) is 24.4. The highest BCUT2D eigenvalue weighted by molar-refractivity contribution is 6.25. The number of carbonyl (C=O) groups is 4. The minimum Gasteiger partial charge on any atom is -0.508 e. The maximum Gasteiger partial charge on any atom is 0.573 e. The van der Waals surface area contributed by atoms with Crippen molar-refractivity contribution in [3.8, 4) is 11.5 Å². The van der Waals surface area contributed by atoms with Crippen LogP contribution in [0.4, 0.5) is 30.2 Å². The highest BCUT2D eigenvalue weighted by atomic mass is 19.4. The van der Waals surface area contributed by atoms with Gasteiger partial charge in [-0.25, -0.2) is 4.90 Å². The zero-order chi connectivity index (χ0) is 35.8. The molecule has 0 bridgehead atoms. The van der Waals surface area contributed by atoms with Crippen LogP contribution in [0.25, 0.3) is 0 Å². The Kier molecular flexibility index (Phi) is 7.74. The molecule has 6 atom stereocenters. The van der Waals surface area contributed by atoms with Crippen LogP contribution in [0.5, 0.6) is 11.5 Å². The number of morpholine rings is 1.